The molecule has 1 heterocycles. The van der Waals surface area contributed by atoms with Crippen LogP contribution in [0.25, 0.3) is 0 Å². The maximum atomic E-state index is 12.1. The minimum atomic E-state index is -3.65. The Balaban J connectivity index is 2.76. The topological polar surface area (TPSA) is 111 Å². The highest BCUT2D eigenvalue weighted by atomic mass is 32.2. The number of hydrogen-bond acceptors (Lipinski definition) is 7. The van der Waals surface area contributed by atoms with Gasteiger partial charge in [0.1, 0.15) is 17.9 Å². The van der Waals surface area contributed by atoms with E-state index >= 15 is 0 Å². The molecule has 1 rings (SSSR count). The van der Waals surface area contributed by atoms with Gasteiger partial charge in [0.15, 0.2) is 15.3 Å². The Morgan fingerprint density at radius 3 is 2.39 bits per heavy atom. The number of nitrogens with zero attached hydrogens (tertiary/aromatic N) is 2. The van der Waals surface area contributed by atoms with Crippen LogP contribution in [0.3, 0.4) is 0 Å². The zero-order valence-electron chi connectivity index (χ0n) is 10.2. The van der Waals surface area contributed by atoms with Crippen molar-refractivity contribution in [1.82, 2.24) is 15.2 Å². The molecule has 1 aromatic heterocycles. The number of sulfone groups is 1. The molecule has 0 aliphatic carbocycles. The predicted octanol–water partition coefficient (Wildman–Crippen LogP) is 0.943. The molecule has 18 heavy (non-hydrogen) atoms. The molecule has 0 fully saturated rings. The van der Waals surface area contributed by atoms with E-state index in [0.29, 0.717) is 0 Å². The van der Waals surface area contributed by atoms with Crippen LogP contribution in [-0.2, 0) is 29.2 Å². The molecule has 0 saturated heterocycles. The Morgan fingerprint density at radius 2 is 1.94 bits per heavy atom. The summed E-state index contributed by atoms with van der Waals surface area (Å²) in [6.45, 7) is 3.48. The molecule has 0 aromatic carbocycles. The van der Waals surface area contributed by atoms with Gasteiger partial charge in [-0.25, -0.2) is 13.4 Å². The van der Waals surface area contributed by atoms with Crippen molar-refractivity contribution in [1.29, 1.82) is 0 Å². The van der Waals surface area contributed by atoms with Crippen molar-refractivity contribution in [2.45, 2.75) is 19.6 Å². The van der Waals surface area contributed by atoms with Gasteiger partial charge in [0.25, 0.3) is 0 Å². The summed E-state index contributed by atoms with van der Waals surface area (Å²) in [5.41, 5.74) is -0.664. The lowest BCUT2D eigenvalue weighted by atomic mass is 10.7. The first-order valence-corrected chi connectivity index (χ1v) is 8.88. The van der Waals surface area contributed by atoms with Crippen LogP contribution >= 0.6 is 7.60 Å². The Hall–Kier alpha value is -0.760. The molecular formula is C8H16N3O5PS. The van der Waals surface area contributed by atoms with E-state index in [-0.39, 0.29) is 24.8 Å². The van der Waals surface area contributed by atoms with Crippen molar-refractivity contribution in [3.63, 3.8) is 0 Å². The Bertz CT molecular complexity index is 491. The molecule has 0 aliphatic heterocycles. The van der Waals surface area contributed by atoms with Gasteiger partial charge in [0.05, 0.1) is 13.2 Å². The minimum absolute atomic E-state index is 0.120. The van der Waals surface area contributed by atoms with Crippen LogP contribution in [-0.4, -0.2) is 42.3 Å². The van der Waals surface area contributed by atoms with E-state index in [2.05, 4.69) is 15.2 Å². The first-order chi connectivity index (χ1) is 8.41. The summed E-state index contributed by atoms with van der Waals surface area (Å²) >= 11 is 0. The number of rotatable bonds is 8. The maximum absolute atomic E-state index is 12.1. The molecule has 0 radical (unpaired) electrons. The van der Waals surface area contributed by atoms with E-state index in [1.807, 2.05) is 0 Å². The lowest BCUT2D eigenvalue weighted by molar-refractivity contribution is 0.224. The highest BCUT2D eigenvalue weighted by Gasteiger charge is 2.32. The van der Waals surface area contributed by atoms with Crippen LogP contribution in [0.4, 0.5) is 0 Å². The zero-order valence-corrected chi connectivity index (χ0v) is 11.9. The molecule has 0 bridgehead atoms. The van der Waals surface area contributed by atoms with Crippen LogP contribution < -0.4 is 0 Å². The molecule has 0 saturated carbocycles. The Labute approximate surface area is 106 Å². The Morgan fingerprint density at radius 1 is 1.33 bits per heavy atom. The van der Waals surface area contributed by atoms with Crippen molar-refractivity contribution >= 4 is 17.4 Å². The molecule has 10 heteroatoms. The van der Waals surface area contributed by atoms with Gasteiger partial charge in [-0.05, 0) is 13.8 Å². The second kappa shape index (κ2) is 6.42. The van der Waals surface area contributed by atoms with Gasteiger partial charge in [0.2, 0.25) is 0 Å². The van der Waals surface area contributed by atoms with Crippen LogP contribution in [0.2, 0.25) is 0 Å². The van der Waals surface area contributed by atoms with Crippen molar-refractivity contribution in [2.24, 2.45) is 0 Å². The van der Waals surface area contributed by atoms with E-state index in [9.17, 15) is 13.0 Å². The highest BCUT2D eigenvalue weighted by molar-refractivity contribution is 7.97. The monoisotopic (exact) mass is 297 g/mol. The van der Waals surface area contributed by atoms with Gasteiger partial charge in [-0.1, -0.05) is 0 Å². The number of nitrogens with one attached hydrogen (secondary N) is 1. The van der Waals surface area contributed by atoms with Crippen molar-refractivity contribution in [2.75, 3.05) is 18.7 Å². The van der Waals surface area contributed by atoms with Gasteiger partial charge in [-0.15, -0.1) is 0 Å². The first-order valence-electron chi connectivity index (χ1n) is 5.33. The van der Waals surface area contributed by atoms with E-state index in [1.165, 1.54) is 6.33 Å². The normalized spacial score (nSPS) is 12.8. The summed E-state index contributed by atoms with van der Waals surface area (Å²) in [5, 5.41) is 5.97. The summed E-state index contributed by atoms with van der Waals surface area (Å²) in [5.74, 6) is -0.188. The molecule has 0 unspecified atom stereocenters. The fourth-order valence-corrected chi connectivity index (χ4v) is 5.61. The first kappa shape index (κ1) is 15.3. The molecule has 104 valence electrons. The quantitative estimate of drug-likeness (QED) is 0.711. The second-order valence-corrected chi connectivity index (χ2v) is 7.94. The number of aromatic nitrogens is 3. The predicted molar refractivity (Wildman–Crippen MR) is 64.7 cm³/mol. The Kier molecular flexibility index (Phi) is 5.46. The second-order valence-electron chi connectivity index (χ2n) is 3.40. The number of H-pyrrole nitrogens is 1. The van der Waals surface area contributed by atoms with E-state index in [0.717, 1.165) is 0 Å². The van der Waals surface area contributed by atoms with Crippen molar-refractivity contribution in [3.05, 3.63) is 12.2 Å². The highest BCUT2D eigenvalue weighted by Crippen LogP contribution is 2.49. The van der Waals surface area contributed by atoms with Crippen LogP contribution in [0.1, 0.15) is 19.7 Å². The van der Waals surface area contributed by atoms with Crippen molar-refractivity contribution in [3.8, 4) is 0 Å². The number of aromatic amines is 1. The van der Waals surface area contributed by atoms with Gasteiger partial charge in [-0.2, -0.15) is 5.10 Å². The standard InChI is InChI=1S/C8H16N3O5PS/c1-3-15-17(12,16-4-2)7-18(13,14)5-8-9-6-10-11-8/h6H,3-5,7H2,1-2H3,(H,9,10,11). The third kappa shape index (κ3) is 4.85. The van der Waals surface area contributed by atoms with Crippen molar-refractivity contribution < 1.29 is 22.0 Å². The summed E-state index contributed by atoms with van der Waals surface area (Å²) in [7, 11) is -7.26. The van der Waals surface area contributed by atoms with Gasteiger partial charge in [-0.3, -0.25) is 9.66 Å². The molecule has 1 N–H and O–H groups in total. The fourth-order valence-electron chi connectivity index (χ4n) is 1.30. The summed E-state index contributed by atoms with van der Waals surface area (Å²) in [6.07, 6.45) is 1.20. The van der Waals surface area contributed by atoms with Crippen LogP contribution in [0, 0.1) is 0 Å². The van der Waals surface area contributed by atoms with E-state index < -0.39 is 22.9 Å². The maximum Gasteiger partial charge on any atom is 0.345 e. The van der Waals surface area contributed by atoms with Crippen LogP contribution in [0.15, 0.2) is 6.33 Å². The molecule has 1 aromatic rings. The van der Waals surface area contributed by atoms with Gasteiger partial charge < -0.3 is 9.05 Å². The molecule has 8 nitrogen and oxygen atoms in total. The third-order valence-corrected chi connectivity index (χ3v) is 6.68. The average Bonchev–Trinajstić information content (AvgIpc) is 2.68. The molecular weight excluding hydrogens is 281 g/mol. The van der Waals surface area contributed by atoms with Gasteiger partial charge in [0, 0.05) is 0 Å². The summed E-state index contributed by atoms with van der Waals surface area (Å²) < 4.78 is 45.6. The lowest BCUT2D eigenvalue weighted by Gasteiger charge is -2.16. The molecule has 0 spiro atoms. The van der Waals surface area contributed by atoms with E-state index in [1.54, 1.807) is 13.8 Å². The molecule has 0 atom stereocenters. The minimum Gasteiger partial charge on any atom is -0.308 e. The SMILES string of the molecule is CCOP(=O)(CS(=O)(=O)Cc1ncn[nH]1)OCC. The van der Waals surface area contributed by atoms with Crippen LogP contribution in [0.5, 0.6) is 0 Å². The number of hydrogen-bond donors (Lipinski definition) is 1. The smallest absolute Gasteiger partial charge is 0.308 e. The molecule has 0 amide bonds. The van der Waals surface area contributed by atoms with E-state index in [4.69, 9.17) is 9.05 Å². The third-order valence-electron chi connectivity index (χ3n) is 1.83. The summed E-state index contributed by atoms with van der Waals surface area (Å²) in [6, 6.07) is 0. The molecule has 0 aliphatic rings. The zero-order chi connectivity index (χ0) is 13.6. The lowest BCUT2D eigenvalue weighted by Crippen LogP contribution is -2.13. The fraction of sp³-hybridized carbons (Fsp3) is 0.750. The summed E-state index contributed by atoms with van der Waals surface area (Å²) in [4.78, 5) is 3.71. The van der Waals surface area contributed by atoms with Gasteiger partial charge >= 0.3 is 7.60 Å². The largest absolute Gasteiger partial charge is 0.345 e. The average molecular weight is 297 g/mol.